The summed E-state index contributed by atoms with van der Waals surface area (Å²) in [5, 5.41) is 14.4. The van der Waals surface area contributed by atoms with Gasteiger partial charge in [0.2, 0.25) is 5.88 Å². The van der Waals surface area contributed by atoms with Crippen molar-refractivity contribution < 1.29 is 13.9 Å². The normalized spacial score (nSPS) is 11.2. The largest absolute Gasteiger partial charge is 0.493 e. The van der Waals surface area contributed by atoms with E-state index in [1.807, 2.05) is 30.3 Å². The van der Waals surface area contributed by atoms with Gasteiger partial charge in [0.1, 0.15) is 0 Å². The average Bonchev–Trinajstić information content (AvgIpc) is 3.07. The van der Waals surface area contributed by atoms with E-state index in [4.69, 9.17) is 0 Å². The number of hydrogen-bond donors (Lipinski definition) is 1. The molecule has 136 valence electrons. The number of rotatable bonds is 5. The topological polar surface area (TPSA) is 50.4 Å². The van der Waals surface area contributed by atoms with Crippen molar-refractivity contribution in [2.75, 3.05) is 0 Å². The van der Waals surface area contributed by atoms with Gasteiger partial charge in [-0.25, -0.2) is 13.8 Å². The molecule has 0 saturated carbocycles. The first kappa shape index (κ1) is 17.5. The molecule has 2 aromatic heterocycles. The summed E-state index contributed by atoms with van der Waals surface area (Å²) < 4.78 is 28.5. The van der Waals surface area contributed by atoms with E-state index in [-0.39, 0.29) is 10.8 Å². The predicted octanol–water partition coefficient (Wildman–Crippen LogP) is 4.60. The van der Waals surface area contributed by atoms with E-state index in [9.17, 15) is 13.9 Å². The van der Waals surface area contributed by atoms with Crippen molar-refractivity contribution in [3.8, 4) is 5.88 Å². The maximum absolute atomic E-state index is 13.8. The molecule has 0 amide bonds. The Morgan fingerprint density at radius 2 is 1.85 bits per heavy atom. The SMILES string of the molecule is Oc1cc(CSc2cccc(F)c2F)nc2c(Cc3ccccc3)cnn12. The van der Waals surface area contributed by atoms with Gasteiger partial charge in [-0.2, -0.15) is 9.61 Å². The summed E-state index contributed by atoms with van der Waals surface area (Å²) in [6.45, 7) is 0. The number of benzene rings is 2. The van der Waals surface area contributed by atoms with Crippen LogP contribution in [0.4, 0.5) is 8.78 Å². The first-order valence-corrected chi connectivity index (χ1v) is 9.26. The van der Waals surface area contributed by atoms with Crippen molar-refractivity contribution in [1.29, 1.82) is 0 Å². The monoisotopic (exact) mass is 383 g/mol. The van der Waals surface area contributed by atoms with Crippen LogP contribution in [0.25, 0.3) is 5.65 Å². The second-order valence-corrected chi connectivity index (χ2v) is 7.03. The highest BCUT2D eigenvalue weighted by molar-refractivity contribution is 7.98. The molecule has 4 nitrogen and oxygen atoms in total. The minimum Gasteiger partial charge on any atom is -0.493 e. The van der Waals surface area contributed by atoms with Crippen LogP contribution in [0.3, 0.4) is 0 Å². The van der Waals surface area contributed by atoms with Gasteiger partial charge < -0.3 is 5.11 Å². The minimum absolute atomic E-state index is 0.0466. The minimum atomic E-state index is -0.882. The van der Waals surface area contributed by atoms with E-state index < -0.39 is 11.6 Å². The highest BCUT2D eigenvalue weighted by Crippen LogP contribution is 2.28. The average molecular weight is 383 g/mol. The number of thioether (sulfide) groups is 1. The van der Waals surface area contributed by atoms with Crippen LogP contribution in [-0.4, -0.2) is 19.7 Å². The molecule has 0 aliphatic rings. The summed E-state index contributed by atoms with van der Waals surface area (Å²) in [4.78, 5) is 4.77. The van der Waals surface area contributed by atoms with Crippen molar-refractivity contribution in [2.24, 2.45) is 0 Å². The fraction of sp³-hybridized carbons (Fsp3) is 0.100. The van der Waals surface area contributed by atoms with Gasteiger partial charge in [0.25, 0.3) is 0 Å². The molecule has 0 aliphatic heterocycles. The van der Waals surface area contributed by atoms with Crippen molar-refractivity contribution in [2.45, 2.75) is 17.1 Å². The zero-order chi connectivity index (χ0) is 18.8. The van der Waals surface area contributed by atoms with E-state index in [0.29, 0.717) is 23.5 Å². The summed E-state index contributed by atoms with van der Waals surface area (Å²) in [5.41, 5.74) is 3.09. The third-order valence-corrected chi connectivity index (χ3v) is 5.17. The molecule has 0 aliphatic carbocycles. The Morgan fingerprint density at radius 1 is 1.04 bits per heavy atom. The van der Waals surface area contributed by atoms with E-state index in [0.717, 1.165) is 29.0 Å². The molecule has 0 unspecified atom stereocenters. The number of halogens is 2. The summed E-state index contributed by atoms with van der Waals surface area (Å²) in [6.07, 6.45) is 2.31. The number of aromatic nitrogens is 3. The number of fused-ring (bicyclic) bond motifs is 1. The molecule has 2 heterocycles. The zero-order valence-electron chi connectivity index (χ0n) is 14.1. The van der Waals surface area contributed by atoms with Crippen LogP contribution < -0.4 is 0 Å². The molecule has 4 aromatic rings. The lowest BCUT2D eigenvalue weighted by molar-refractivity contribution is 0.434. The van der Waals surface area contributed by atoms with E-state index in [1.54, 1.807) is 6.20 Å². The lowest BCUT2D eigenvalue weighted by atomic mass is 10.1. The van der Waals surface area contributed by atoms with E-state index in [2.05, 4.69) is 10.1 Å². The molecule has 0 fully saturated rings. The van der Waals surface area contributed by atoms with E-state index in [1.165, 1.54) is 22.7 Å². The predicted molar refractivity (Wildman–Crippen MR) is 99.8 cm³/mol. The molecular formula is C20H15F2N3OS. The smallest absolute Gasteiger partial charge is 0.215 e. The molecule has 0 radical (unpaired) electrons. The summed E-state index contributed by atoms with van der Waals surface area (Å²) in [7, 11) is 0. The molecule has 4 rings (SSSR count). The Labute approximate surface area is 158 Å². The number of nitrogens with zero attached hydrogens (tertiary/aromatic N) is 3. The highest BCUT2D eigenvalue weighted by atomic mass is 32.2. The van der Waals surface area contributed by atoms with Gasteiger partial charge >= 0.3 is 0 Å². The Balaban J connectivity index is 1.62. The van der Waals surface area contributed by atoms with Gasteiger partial charge in [-0.15, -0.1) is 11.8 Å². The molecular weight excluding hydrogens is 368 g/mol. The zero-order valence-corrected chi connectivity index (χ0v) is 15.0. The first-order chi connectivity index (χ1) is 13.1. The van der Waals surface area contributed by atoms with Crippen LogP contribution in [0.5, 0.6) is 5.88 Å². The van der Waals surface area contributed by atoms with Crippen LogP contribution in [0, 0.1) is 11.6 Å². The lowest BCUT2D eigenvalue weighted by Crippen LogP contribution is -1.98. The van der Waals surface area contributed by atoms with Gasteiger partial charge in [-0.05, 0) is 17.7 Å². The number of aromatic hydroxyl groups is 1. The van der Waals surface area contributed by atoms with Gasteiger partial charge in [0, 0.05) is 28.7 Å². The van der Waals surface area contributed by atoms with Crippen molar-refractivity contribution >= 4 is 17.4 Å². The first-order valence-electron chi connectivity index (χ1n) is 8.28. The fourth-order valence-corrected chi connectivity index (χ4v) is 3.65. The molecule has 0 atom stereocenters. The summed E-state index contributed by atoms with van der Waals surface area (Å²) in [5.74, 6) is -1.51. The molecule has 27 heavy (non-hydrogen) atoms. The van der Waals surface area contributed by atoms with Crippen LogP contribution >= 0.6 is 11.8 Å². The molecule has 2 aromatic carbocycles. The Bertz CT molecular complexity index is 1100. The molecule has 0 bridgehead atoms. The second-order valence-electron chi connectivity index (χ2n) is 6.01. The summed E-state index contributed by atoms with van der Waals surface area (Å²) >= 11 is 1.13. The van der Waals surface area contributed by atoms with Gasteiger partial charge in [0.05, 0.1) is 11.9 Å². The summed E-state index contributed by atoms with van der Waals surface area (Å²) in [6, 6.07) is 15.4. The third-order valence-electron chi connectivity index (χ3n) is 4.11. The maximum Gasteiger partial charge on any atom is 0.215 e. The van der Waals surface area contributed by atoms with Gasteiger partial charge in [0.15, 0.2) is 17.3 Å². The van der Waals surface area contributed by atoms with E-state index >= 15 is 0 Å². The quantitative estimate of drug-likeness (QED) is 0.512. The van der Waals surface area contributed by atoms with Crippen molar-refractivity contribution in [3.05, 3.63) is 89.2 Å². The van der Waals surface area contributed by atoms with Crippen molar-refractivity contribution in [3.63, 3.8) is 0 Å². The Hall–Kier alpha value is -2.93. The van der Waals surface area contributed by atoms with Crippen LogP contribution in [-0.2, 0) is 12.2 Å². The third kappa shape index (κ3) is 3.64. The van der Waals surface area contributed by atoms with Gasteiger partial charge in [-0.3, -0.25) is 0 Å². The van der Waals surface area contributed by atoms with Crippen LogP contribution in [0.1, 0.15) is 16.8 Å². The number of hydrogen-bond acceptors (Lipinski definition) is 4. The Morgan fingerprint density at radius 3 is 2.67 bits per heavy atom. The fourth-order valence-electron chi connectivity index (χ4n) is 2.80. The highest BCUT2D eigenvalue weighted by Gasteiger charge is 2.13. The van der Waals surface area contributed by atoms with Crippen LogP contribution in [0.15, 0.2) is 65.7 Å². The molecule has 0 spiro atoms. The molecule has 1 N–H and O–H groups in total. The van der Waals surface area contributed by atoms with Crippen LogP contribution in [0.2, 0.25) is 0 Å². The van der Waals surface area contributed by atoms with Crippen molar-refractivity contribution in [1.82, 2.24) is 14.6 Å². The molecule has 7 heteroatoms. The molecule has 0 saturated heterocycles. The van der Waals surface area contributed by atoms with Gasteiger partial charge in [-0.1, -0.05) is 36.4 Å². The maximum atomic E-state index is 13.8. The standard InChI is InChI=1S/C20H15F2N3OS/c21-16-7-4-8-17(19(16)22)27-12-15-10-18(26)25-20(24-15)14(11-23-25)9-13-5-2-1-3-6-13/h1-8,10-11,26H,9,12H2. The lowest BCUT2D eigenvalue weighted by Gasteiger charge is -2.06. The second kappa shape index (κ2) is 7.36. The Kier molecular flexibility index (Phi) is 4.77.